The van der Waals surface area contributed by atoms with E-state index >= 15 is 0 Å². The maximum Gasteiger partial charge on any atom is 0.262 e. The van der Waals surface area contributed by atoms with E-state index in [2.05, 4.69) is 27.2 Å². The lowest BCUT2D eigenvalue weighted by atomic mass is 10.1. The highest BCUT2D eigenvalue weighted by Gasteiger charge is 2.33. The molecule has 1 aromatic rings. The Labute approximate surface area is 180 Å². The lowest BCUT2D eigenvalue weighted by molar-refractivity contribution is -0.121. The molecule has 0 unspecified atom stereocenters. The van der Waals surface area contributed by atoms with Gasteiger partial charge in [-0.3, -0.25) is 14.4 Å². The summed E-state index contributed by atoms with van der Waals surface area (Å²) in [7, 11) is 2.05. The predicted octanol–water partition coefficient (Wildman–Crippen LogP) is 1.50. The molecule has 8 nitrogen and oxygen atoms in total. The monoisotopic (exact) mass is 429 g/mol. The van der Waals surface area contributed by atoms with Gasteiger partial charge in [0.1, 0.15) is 5.25 Å². The molecule has 0 spiro atoms. The molecule has 4 rings (SSSR count). The van der Waals surface area contributed by atoms with Crippen molar-refractivity contribution >= 4 is 40.3 Å². The summed E-state index contributed by atoms with van der Waals surface area (Å²) < 4.78 is 0. The maximum atomic E-state index is 12.6. The van der Waals surface area contributed by atoms with Crippen molar-refractivity contribution in [3.8, 4) is 0 Å². The third-order valence-electron chi connectivity index (χ3n) is 5.68. The van der Waals surface area contributed by atoms with Gasteiger partial charge in [-0.1, -0.05) is 11.8 Å². The topological polar surface area (TPSA) is 85.3 Å². The third-order valence-corrected chi connectivity index (χ3v) is 6.90. The first kappa shape index (κ1) is 20.9. The Hall–Kier alpha value is -2.39. The van der Waals surface area contributed by atoms with Crippen molar-refractivity contribution in [2.24, 2.45) is 4.99 Å². The zero-order valence-electron chi connectivity index (χ0n) is 17.2. The van der Waals surface area contributed by atoms with Crippen LogP contribution in [0.15, 0.2) is 29.3 Å². The van der Waals surface area contributed by atoms with E-state index in [1.54, 1.807) is 24.3 Å². The number of likely N-dealkylation sites (tertiary alicyclic amines) is 1. The summed E-state index contributed by atoms with van der Waals surface area (Å²) in [6.45, 7) is 5.06. The number of benzene rings is 1. The zero-order valence-corrected chi connectivity index (χ0v) is 18.0. The number of thioether (sulfide) groups is 1. The van der Waals surface area contributed by atoms with Crippen LogP contribution in [-0.2, 0) is 9.59 Å². The van der Waals surface area contributed by atoms with Gasteiger partial charge in [0.05, 0.1) is 0 Å². The second kappa shape index (κ2) is 9.18. The second-order valence-electron chi connectivity index (χ2n) is 7.96. The predicted molar refractivity (Wildman–Crippen MR) is 118 cm³/mol. The molecule has 30 heavy (non-hydrogen) atoms. The van der Waals surface area contributed by atoms with Crippen molar-refractivity contribution in [3.05, 3.63) is 29.8 Å². The fraction of sp³-hybridized carbons (Fsp3) is 0.524. The summed E-state index contributed by atoms with van der Waals surface area (Å²) in [5.74, 6) is -0.442. The molecule has 3 aliphatic heterocycles. The van der Waals surface area contributed by atoms with E-state index in [0.29, 0.717) is 11.3 Å². The van der Waals surface area contributed by atoms with Crippen LogP contribution < -0.4 is 5.32 Å². The van der Waals surface area contributed by atoms with Crippen molar-refractivity contribution in [3.63, 3.8) is 0 Å². The molecule has 0 aromatic heterocycles. The van der Waals surface area contributed by atoms with Gasteiger partial charge in [-0.2, -0.15) is 4.99 Å². The summed E-state index contributed by atoms with van der Waals surface area (Å²) in [5, 5.41) is 3.12. The summed E-state index contributed by atoms with van der Waals surface area (Å²) in [4.78, 5) is 47.5. The highest BCUT2D eigenvalue weighted by atomic mass is 32.2. The average Bonchev–Trinajstić information content (AvgIpc) is 3.39. The van der Waals surface area contributed by atoms with Crippen LogP contribution in [0.1, 0.15) is 29.6 Å². The highest BCUT2D eigenvalue weighted by Crippen LogP contribution is 2.29. The van der Waals surface area contributed by atoms with Crippen molar-refractivity contribution < 1.29 is 14.4 Å². The number of rotatable bonds is 4. The van der Waals surface area contributed by atoms with Crippen LogP contribution in [0.4, 0.5) is 5.69 Å². The van der Waals surface area contributed by atoms with Crippen LogP contribution in [0.25, 0.3) is 0 Å². The largest absolute Gasteiger partial charge is 0.351 e. The first-order chi connectivity index (χ1) is 14.5. The average molecular weight is 430 g/mol. The number of hydrogen-bond donors (Lipinski definition) is 1. The second-order valence-corrected chi connectivity index (χ2v) is 9.13. The molecule has 2 fully saturated rings. The van der Waals surface area contributed by atoms with Gasteiger partial charge in [-0.05, 0) is 44.2 Å². The van der Waals surface area contributed by atoms with Crippen molar-refractivity contribution in [1.29, 1.82) is 0 Å². The number of carbonyl (C=O) groups excluding carboxylic acids is 3. The Kier molecular flexibility index (Phi) is 6.38. The molecule has 0 bridgehead atoms. The molecule has 3 amide bonds. The molecule has 0 saturated carbocycles. The minimum atomic E-state index is -0.460. The molecule has 9 heteroatoms. The van der Waals surface area contributed by atoms with E-state index < -0.39 is 5.25 Å². The first-order valence-electron chi connectivity index (χ1n) is 10.4. The summed E-state index contributed by atoms with van der Waals surface area (Å²) in [5.41, 5.74) is 1.23. The fourth-order valence-electron chi connectivity index (χ4n) is 3.82. The van der Waals surface area contributed by atoms with Crippen molar-refractivity contribution in [2.75, 3.05) is 51.6 Å². The van der Waals surface area contributed by atoms with Gasteiger partial charge >= 0.3 is 0 Å². The van der Waals surface area contributed by atoms with E-state index in [-0.39, 0.29) is 24.1 Å². The highest BCUT2D eigenvalue weighted by molar-refractivity contribution is 8.15. The van der Waals surface area contributed by atoms with Gasteiger partial charge in [0, 0.05) is 56.9 Å². The molecule has 160 valence electrons. The smallest absolute Gasteiger partial charge is 0.262 e. The summed E-state index contributed by atoms with van der Waals surface area (Å²) in [6.07, 6.45) is 2.32. The number of amides is 3. The maximum absolute atomic E-state index is 12.6. The standard InChI is InChI=1S/C21H27N5O3S/c1-24-10-12-25(13-11-24)20(29)15-4-6-16(7-5-15)22-18(27)14-17-19(28)23-21(30-17)26-8-2-3-9-26/h4-7,17H,2-3,8-14H2,1H3,(H,22,27)/t17-/m1/s1. The van der Waals surface area contributed by atoms with Crippen LogP contribution in [0.2, 0.25) is 0 Å². The van der Waals surface area contributed by atoms with Crippen LogP contribution in [0.3, 0.4) is 0 Å². The quantitative estimate of drug-likeness (QED) is 0.781. The van der Waals surface area contributed by atoms with Gasteiger partial charge in [-0.15, -0.1) is 0 Å². The first-order valence-corrected chi connectivity index (χ1v) is 11.3. The molecule has 0 aliphatic carbocycles. The molecule has 2 saturated heterocycles. The Morgan fingerprint density at radius 3 is 2.40 bits per heavy atom. The molecule has 1 aromatic carbocycles. The van der Waals surface area contributed by atoms with Crippen LogP contribution >= 0.6 is 11.8 Å². The van der Waals surface area contributed by atoms with Gasteiger partial charge < -0.3 is 20.0 Å². The number of hydrogen-bond acceptors (Lipinski definition) is 6. The Morgan fingerprint density at radius 2 is 1.73 bits per heavy atom. The van der Waals surface area contributed by atoms with E-state index in [1.165, 1.54) is 11.8 Å². The Morgan fingerprint density at radius 1 is 1.07 bits per heavy atom. The Balaban J connectivity index is 1.28. The molecule has 3 heterocycles. The minimum Gasteiger partial charge on any atom is -0.351 e. The normalized spacial score (nSPS) is 22.4. The van der Waals surface area contributed by atoms with E-state index in [9.17, 15) is 14.4 Å². The van der Waals surface area contributed by atoms with Crippen molar-refractivity contribution in [1.82, 2.24) is 14.7 Å². The number of piperazine rings is 1. The van der Waals surface area contributed by atoms with Gasteiger partial charge in [0.15, 0.2) is 5.17 Å². The van der Waals surface area contributed by atoms with Gasteiger partial charge in [-0.25, -0.2) is 0 Å². The van der Waals surface area contributed by atoms with E-state index in [4.69, 9.17) is 0 Å². The summed E-state index contributed by atoms with van der Waals surface area (Å²) in [6, 6.07) is 6.94. The van der Waals surface area contributed by atoms with Crippen LogP contribution in [-0.4, -0.2) is 89.2 Å². The number of aliphatic imine (C=N–C) groups is 1. The van der Waals surface area contributed by atoms with Gasteiger partial charge in [0.25, 0.3) is 11.8 Å². The number of anilines is 1. The third kappa shape index (κ3) is 4.84. The lowest BCUT2D eigenvalue weighted by Gasteiger charge is -2.32. The number of nitrogens with zero attached hydrogens (tertiary/aromatic N) is 4. The van der Waals surface area contributed by atoms with Gasteiger partial charge in [0.2, 0.25) is 5.91 Å². The molecule has 1 atom stereocenters. The van der Waals surface area contributed by atoms with Crippen molar-refractivity contribution in [2.45, 2.75) is 24.5 Å². The lowest BCUT2D eigenvalue weighted by Crippen LogP contribution is -2.47. The number of amidine groups is 1. The number of carbonyl (C=O) groups is 3. The molecule has 0 radical (unpaired) electrons. The minimum absolute atomic E-state index is 0.0144. The molecule has 3 aliphatic rings. The fourth-order valence-corrected chi connectivity index (χ4v) is 4.94. The zero-order chi connectivity index (χ0) is 21.1. The molecular formula is C21H27N5O3S. The summed E-state index contributed by atoms with van der Waals surface area (Å²) >= 11 is 1.39. The van der Waals surface area contributed by atoms with Crippen LogP contribution in [0.5, 0.6) is 0 Å². The number of likely N-dealkylation sites (N-methyl/N-ethyl adjacent to an activating group) is 1. The Bertz CT molecular complexity index is 843. The molecule has 1 N–H and O–H groups in total. The number of nitrogens with one attached hydrogen (secondary N) is 1. The SMILES string of the molecule is CN1CCN(C(=O)c2ccc(NC(=O)C[C@H]3SC(N4CCCC4)=NC3=O)cc2)CC1. The van der Waals surface area contributed by atoms with E-state index in [0.717, 1.165) is 57.3 Å². The van der Waals surface area contributed by atoms with Crippen LogP contribution in [0, 0.1) is 0 Å². The molecular weight excluding hydrogens is 402 g/mol. The van der Waals surface area contributed by atoms with E-state index in [1.807, 2.05) is 4.90 Å².